The molecule has 1 rings (SSSR count). The summed E-state index contributed by atoms with van der Waals surface area (Å²) in [6.45, 7) is 3.82. The second-order valence-electron chi connectivity index (χ2n) is 3.60. The molecule has 4 nitrogen and oxygen atoms in total. The van der Waals surface area contributed by atoms with Gasteiger partial charge in [0.2, 0.25) is 10.0 Å². The van der Waals surface area contributed by atoms with E-state index >= 15 is 0 Å². The van der Waals surface area contributed by atoms with Gasteiger partial charge in [0.15, 0.2) is 0 Å². The number of sulfonamides is 1. The molecule has 1 aliphatic heterocycles. The van der Waals surface area contributed by atoms with Gasteiger partial charge in [-0.1, -0.05) is 0 Å². The summed E-state index contributed by atoms with van der Waals surface area (Å²) in [6.07, 6.45) is 1.26. The molecule has 5 heteroatoms. The monoisotopic (exact) mass is 207 g/mol. The molecular weight excluding hydrogens is 190 g/mol. The fourth-order valence-electron chi connectivity index (χ4n) is 1.76. The standard InChI is InChI=1S/C8H17NO3S/c1-6-4-8(5-7(2)12-6)13(10,11)9-3/h6-9H,4-5H2,1-3H3. The summed E-state index contributed by atoms with van der Waals surface area (Å²) in [7, 11) is -1.66. The van der Waals surface area contributed by atoms with Crippen molar-refractivity contribution < 1.29 is 13.2 Å². The van der Waals surface area contributed by atoms with Crippen LogP contribution in [0.4, 0.5) is 0 Å². The lowest BCUT2D eigenvalue weighted by Gasteiger charge is -2.31. The molecular formula is C8H17NO3S. The number of ether oxygens (including phenoxy) is 1. The van der Waals surface area contributed by atoms with Crippen LogP contribution in [0.5, 0.6) is 0 Å². The molecule has 0 aromatic carbocycles. The van der Waals surface area contributed by atoms with E-state index in [1.54, 1.807) is 0 Å². The van der Waals surface area contributed by atoms with E-state index in [0.717, 1.165) is 0 Å². The molecule has 0 amide bonds. The second kappa shape index (κ2) is 3.94. The first-order chi connectivity index (χ1) is 5.95. The van der Waals surface area contributed by atoms with Gasteiger partial charge >= 0.3 is 0 Å². The Morgan fingerprint density at radius 1 is 1.23 bits per heavy atom. The van der Waals surface area contributed by atoms with Crippen molar-refractivity contribution in [2.45, 2.75) is 44.1 Å². The van der Waals surface area contributed by atoms with Gasteiger partial charge in [-0.05, 0) is 33.7 Å². The molecule has 1 fully saturated rings. The van der Waals surface area contributed by atoms with Crippen LogP contribution in [0, 0.1) is 0 Å². The second-order valence-corrected chi connectivity index (χ2v) is 5.76. The Morgan fingerprint density at radius 2 is 1.69 bits per heavy atom. The molecule has 13 heavy (non-hydrogen) atoms. The Morgan fingerprint density at radius 3 is 2.08 bits per heavy atom. The Kier molecular flexibility index (Phi) is 3.32. The summed E-state index contributed by atoms with van der Waals surface area (Å²) < 4.78 is 30.8. The van der Waals surface area contributed by atoms with E-state index in [2.05, 4.69) is 4.72 Å². The molecule has 2 unspecified atom stereocenters. The van der Waals surface area contributed by atoms with Gasteiger partial charge in [-0.25, -0.2) is 13.1 Å². The topological polar surface area (TPSA) is 55.4 Å². The van der Waals surface area contributed by atoms with Crippen LogP contribution in [-0.2, 0) is 14.8 Å². The highest BCUT2D eigenvalue weighted by Gasteiger charge is 2.32. The molecule has 0 bridgehead atoms. The van der Waals surface area contributed by atoms with E-state index in [1.165, 1.54) is 7.05 Å². The van der Waals surface area contributed by atoms with Crippen LogP contribution in [0.25, 0.3) is 0 Å². The SMILES string of the molecule is CNS(=O)(=O)C1CC(C)OC(C)C1. The zero-order valence-corrected chi connectivity index (χ0v) is 9.10. The van der Waals surface area contributed by atoms with Crippen LogP contribution in [0.1, 0.15) is 26.7 Å². The molecule has 1 heterocycles. The third kappa shape index (κ3) is 2.65. The normalized spacial score (nSPS) is 36.1. The first-order valence-corrected chi connectivity index (χ1v) is 6.08. The number of hydrogen-bond donors (Lipinski definition) is 1. The Labute approximate surface area is 79.7 Å². The van der Waals surface area contributed by atoms with Crippen molar-refractivity contribution >= 4 is 10.0 Å². The first-order valence-electron chi connectivity index (χ1n) is 4.53. The Bertz CT molecular complexity index is 253. The maximum Gasteiger partial charge on any atom is 0.214 e. The van der Waals surface area contributed by atoms with Crippen molar-refractivity contribution in [3.05, 3.63) is 0 Å². The van der Waals surface area contributed by atoms with Gasteiger partial charge < -0.3 is 4.74 Å². The molecule has 1 aliphatic rings. The van der Waals surface area contributed by atoms with Crippen LogP contribution in [0.15, 0.2) is 0 Å². The van der Waals surface area contributed by atoms with Crippen LogP contribution in [-0.4, -0.2) is 32.9 Å². The minimum Gasteiger partial charge on any atom is -0.375 e. The van der Waals surface area contributed by atoms with Crippen molar-refractivity contribution in [3.63, 3.8) is 0 Å². The maximum absolute atomic E-state index is 11.5. The minimum absolute atomic E-state index is 0.0388. The molecule has 0 radical (unpaired) electrons. The predicted octanol–water partition coefficient (Wildman–Crippen LogP) is 0.492. The summed E-state index contributed by atoms with van der Waals surface area (Å²) in [5, 5.41) is -0.295. The average Bonchev–Trinajstić information content (AvgIpc) is 2.02. The van der Waals surface area contributed by atoms with Crippen LogP contribution >= 0.6 is 0 Å². The van der Waals surface area contributed by atoms with Gasteiger partial charge in [-0.3, -0.25) is 0 Å². The van der Waals surface area contributed by atoms with Gasteiger partial charge in [0.25, 0.3) is 0 Å². The molecule has 0 spiro atoms. The zero-order chi connectivity index (χ0) is 10.1. The Balaban J connectivity index is 2.71. The lowest BCUT2D eigenvalue weighted by Crippen LogP contribution is -2.41. The van der Waals surface area contributed by atoms with Crippen LogP contribution < -0.4 is 4.72 Å². The average molecular weight is 207 g/mol. The van der Waals surface area contributed by atoms with Gasteiger partial charge in [-0.15, -0.1) is 0 Å². The lowest BCUT2D eigenvalue weighted by molar-refractivity contribution is -0.0277. The highest BCUT2D eigenvalue weighted by Crippen LogP contribution is 2.23. The summed E-state index contributed by atoms with van der Waals surface area (Å²) in [5.41, 5.74) is 0. The summed E-state index contributed by atoms with van der Waals surface area (Å²) >= 11 is 0. The zero-order valence-electron chi connectivity index (χ0n) is 8.28. The van der Waals surface area contributed by atoms with Crippen LogP contribution in [0.3, 0.4) is 0 Å². The van der Waals surface area contributed by atoms with Gasteiger partial charge in [0, 0.05) is 0 Å². The Hall–Kier alpha value is -0.130. The lowest BCUT2D eigenvalue weighted by atomic mass is 10.1. The van der Waals surface area contributed by atoms with Crippen molar-refractivity contribution in [1.29, 1.82) is 0 Å². The fourth-order valence-corrected chi connectivity index (χ4v) is 3.15. The summed E-state index contributed by atoms with van der Waals surface area (Å²) in [4.78, 5) is 0. The molecule has 1 saturated heterocycles. The molecule has 0 aromatic rings. The van der Waals surface area contributed by atoms with E-state index in [0.29, 0.717) is 12.8 Å². The molecule has 2 atom stereocenters. The number of hydrogen-bond acceptors (Lipinski definition) is 3. The third-order valence-electron chi connectivity index (χ3n) is 2.38. The quantitative estimate of drug-likeness (QED) is 0.717. The van der Waals surface area contributed by atoms with E-state index in [1.807, 2.05) is 13.8 Å². The molecule has 0 saturated carbocycles. The smallest absolute Gasteiger partial charge is 0.214 e. The van der Waals surface area contributed by atoms with Crippen LogP contribution in [0.2, 0.25) is 0 Å². The number of nitrogens with one attached hydrogen (secondary N) is 1. The van der Waals surface area contributed by atoms with E-state index in [9.17, 15) is 8.42 Å². The van der Waals surface area contributed by atoms with E-state index in [4.69, 9.17) is 4.74 Å². The van der Waals surface area contributed by atoms with Crippen molar-refractivity contribution in [1.82, 2.24) is 4.72 Å². The molecule has 1 N–H and O–H groups in total. The van der Waals surface area contributed by atoms with Gasteiger partial charge in [0.05, 0.1) is 17.5 Å². The molecule has 0 aromatic heterocycles. The number of rotatable bonds is 2. The highest BCUT2D eigenvalue weighted by atomic mass is 32.2. The minimum atomic E-state index is -3.12. The van der Waals surface area contributed by atoms with E-state index in [-0.39, 0.29) is 17.5 Å². The maximum atomic E-state index is 11.5. The largest absolute Gasteiger partial charge is 0.375 e. The first kappa shape index (κ1) is 10.9. The molecule has 78 valence electrons. The van der Waals surface area contributed by atoms with Crippen molar-refractivity contribution in [2.24, 2.45) is 0 Å². The fraction of sp³-hybridized carbons (Fsp3) is 1.00. The van der Waals surface area contributed by atoms with Crippen molar-refractivity contribution in [3.8, 4) is 0 Å². The summed E-state index contributed by atoms with van der Waals surface area (Å²) in [6, 6.07) is 0. The third-order valence-corrected chi connectivity index (χ3v) is 4.21. The summed E-state index contributed by atoms with van der Waals surface area (Å²) in [5.74, 6) is 0. The van der Waals surface area contributed by atoms with Gasteiger partial charge in [0.1, 0.15) is 0 Å². The molecule has 0 aliphatic carbocycles. The van der Waals surface area contributed by atoms with Crippen molar-refractivity contribution in [2.75, 3.05) is 7.05 Å². The van der Waals surface area contributed by atoms with Gasteiger partial charge in [-0.2, -0.15) is 0 Å². The van der Waals surface area contributed by atoms with E-state index < -0.39 is 10.0 Å². The highest BCUT2D eigenvalue weighted by molar-refractivity contribution is 7.90. The predicted molar refractivity (Wildman–Crippen MR) is 51.0 cm³/mol.